The molecule has 2 aromatic carbocycles. The van der Waals surface area contributed by atoms with Crippen LogP contribution in [0, 0.1) is 6.92 Å². The third-order valence-electron chi connectivity index (χ3n) is 5.56. The molecule has 0 bridgehead atoms. The molecule has 0 spiro atoms. The predicted octanol–water partition coefficient (Wildman–Crippen LogP) is 4.01. The Bertz CT molecular complexity index is 847. The van der Waals surface area contributed by atoms with Crippen LogP contribution < -0.4 is 0 Å². The number of aromatic amines is 1. The summed E-state index contributed by atoms with van der Waals surface area (Å²) in [6.45, 7) is 5.42. The minimum atomic E-state index is 0.568. The summed E-state index contributed by atoms with van der Waals surface area (Å²) in [6, 6.07) is 18.6. The number of rotatable bonds is 4. The average molecular weight is 333 g/mol. The van der Waals surface area contributed by atoms with Crippen molar-refractivity contribution in [2.45, 2.75) is 25.4 Å². The number of aryl methyl sites for hydroxylation is 1. The summed E-state index contributed by atoms with van der Waals surface area (Å²) in [5.41, 5.74) is 5.41. The van der Waals surface area contributed by atoms with Crippen LogP contribution >= 0.6 is 0 Å². The molecule has 1 fully saturated rings. The van der Waals surface area contributed by atoms with E-state index >= 15 is 0 Å². The monoisotopic (exact) mass is 333 g/mol. The summed E-state index contributed by atoms with van der Waals surface area (Å²) >= 11 is 0. The standard InChI is InChI=1S/C22H27N3/c1-16-4-7-18(8-5-16)20-14-25(15-22(20)24(2)3)13-17-6-9-21-19(12-17)10-11-23-21/h4-12,20,22-23H,13-15H2,1-3H3. The third kappa shape index (κ3) is 3.35. The number of likely N-dealkylation sites (tertiary alicyclic amines) is 1. The highest BCUT2D eigenvalue weighted by Crippen LogP contribution is 2.31. The minimum Gasteiger partial charge on any atom is -0.361 e. The zero-order valence-electron chi connectivity index (χ0n) is 15.4. The highest BCUT2D eigenvalue weighted by molar-refractivity contribution is 5.79. The lowest BCUT2D eigenvalue weighted by Crippen LogP contribution is -2.34. The number of hydrogen-bond donors (Lipinski definition) is 1. The first-order chi connectivity index (χ1) is 12.1. The first-order valence-corrected chi connectivity index (χ1v) is 9.11. The molecule has 2 heterocycles. The second-order valence-corrected chi connectivity index (χ2v) is 7.64. The van der Waals surface area contributed by atoms with E-state index in [0.717, 1.165) is 19.6 Å². The Morgan fingerprint density at radius 3 is 2.60 bits per heavy atom. The van der Waals surface area contributed by atoms with E-state index in [0.29, 0.717) is 12.0 Å². The average Bonchev–Trinajstić information content (AvgIpc) is 3.22. The summed E-state index contributed by atoms with van der Waals surface area (Å²) in [5.74, 6) is 0.576. The van der Waals surface area contributed by atoms with E-state index in [4.69, 9.17) is 0 Å². The van der Waals surface area contributed by atoms with Gasteiger partial charge in [-0.25, -0.2) is 0 Å². The zero-order valence-corrected chi connectivity index (χ0v) is 15.4. The number of aromatic nitrogens is 1. The predicted molar refractivity (Wildman–Crippen MR) is 105 cm³/mol. The molecule has 0 radical (unpaired) electrons. The van der Waals surface area contributed by atoms with E-state index in [1.165, 1.54) is 27.6 Å². The number of H-pyrrole nitrogens is 1. The van der Waals surface area contributed by atoms with Crippen molar-refractivity contribution in [2.24, 2.45) is 0 Å². The molecule has 1 saturated heterocycles. The maximum absolute atomic E-state index is 3.28. The van der Waals surface area contributed by atoms with Crippen LogP contribution in [0.4, 0.5) is 0 Å². The number of fused-ring (bicyclic) bond motifs is 1. The van der Waals surface area contributed by atoms with Gasteiger partial charge in [-0.15, -0.1) is 0 Å². The summed E-state index contributed by atoms with van der Waals surface area (Å²) in [6.07, 6.45) is 2.01. The van der Waals surface area contributed by atoms with Crippen molar-refractivity contribution in [3.63, 3.8) is 0 Å². The highest BCUT2D eigenvalue weighted by Gasteiger charge is 2.34. The van der Waals surface area contributed by atoms with Gasteiger partial charge < -0.3 is 9.88 Å². The molecule has 3 heteroatoms. The van der Waals surface area contributed by atoms with E-state index in [1.54, 1.807) is 0 Å². The van der Waals surface area contributed by atoms with Crippen LogP contribution in [0.2, 0.25) is 0 Å². The number of hydrogen-bond acceptors (Lipinski definition) is 2. The van der Waals surface area contributed by atoms with Crippen LogP contribution in [0.15, 0.2) is 54.7 Å². The molecule has 2 unspecified atom stereocenters. The van der Waals surface area contributed by atoms with Crippen LogP contribution in [0.25, 0.3) is 10.9 Å². The Hall–Kier alpha value is -2.10. The van der Waals surface area contributed by atoms with Gasteiger partial charge in [0.2, 0.25) is 0 Å². The highest BCUT2D eigenvalue weighted by atomic mass is 15.2. The molecule has 3 aromatic rings. The molecular weight excluding hydrogens is 306 g/mol. The number of nitrogens with one attached hydrogen (secondary N) is 1. The van der Waals surface area contributed by atoms with Crippen molar-refractivity contribution in [3.05, 3.63) is 71.4 Å². The van der Waals surface area contributed by atoms with E-state index in [2.05, 4.69) is 84.3 Å². The lowest BCUT2D eigenvalue weighted by Gasteiger charge is -2.25. The molecule has 1 aliphatic rings. The molecule has 0 amide bonds. The molecule has 1 aliphatic heterocycles. The van der Waals surface area contributed by atoms with Crippen molar-refractivity contribution in [1.29, 1.82) is 0 Å². The molecule has 4 rings (SSSR count). The van der Waals surface area contributed by atoms with Crippen LogP contribution in [0.5, 0.6) is 0 Å². The second kappa shape index (κ2) is 6.66. The Balaban J connectivity index is 1.53. The molecule has 1 N–H and O–H groups in total. The second-order valence-electron chi connectivity index (χ2n) is 7.64. The first-order valence-electron chi connectivity index (χ1n) is 9.11. The summed E-state index contributed by atoms with van der Waals surface area (Å²) in [4.78, 5) is 8.26. The van der Waals surface area contributed by atoms with Crippen molar-refractivity contribution in [1.82, 2.24) is 14.8 Å². The van der Waals surface area contributed by atoms with Crippen molar-refractivity contribution in [3.8, 4) is 0 Å². The van der Waals surface area contributed by atoms with E-state index in [1.807, 2.05) is 6.20 Å². The summed E-state index contributed by atoms with van der Waals surface area (Å²) in [7, 11) is 4.42. The van der Waals surface area contributed by atoms with Crippen LogP contribution in [-0.2, 0) is 6.54 Å². The van der Waals surface area contributed by atoms with Gasteiger partial charge in [0, 0.05) is 43.3 Å². The van der Waals surface area contributed by atoms with Gasteiger partial charge in [0.1, 0.15) is 0 Å². The molecule has 1 aromatic heterocycles. The van der Waals surface area contributed by atoms with E-state index in [-0.39, 0.29) is 0 Å². The Morgan fingerprint density at radius 2 is 1.84 bits per heavy atom. The number of likely N-dealkylation sites (N-methyl/N-ethyl adjacent to an activating group) is 1. The molecule has 0 saturated carbocycles. The lowest BCUT2D eigenvalue weighted by atomic mass is 9.93. The molecule has 0 aliphatic carbocycles. The molecule has 3 nitrogen and oxygen atoms in total. The Kier molecular flexibility index (Phi) is 4.36. The van der Waals surface area contributed by atoms with Crippen LogP contribution in [-0.4, -0.2) is 48.0 Å². The molecular formula is C22H27N3. The maximum atomic E-state index is 3.28. The van der Waals surface area contributed by atoms with Crippen molar-refractivity contribution >= 4 is 10.9 Å². The summed E-state index contributed by atoms with van der Waals surface area (Å²) < 4.78 is 0. The number of nitrogens with zero attached hydrogens (tertiary/aromatic N) is 2. The Morgan fingerprint density at radius 1 is 1.04 bits per heavy atom. The van der Waals surface area contributed by atoms with Crippen molar-refractivity contribution in [2.75, 3.05) is 27.2 Å². The topological polar surface area (TPSA) is 22.3 Å². The van der Waals surface area contributed by atoms with E-state index < -0.39 is 0 Å². The van der Waals surface area contributed by atoms with Gasteiger partial charge in [-0.3, -0.25) is 4.90 Å². The fourth-order valence-electron chi connectivity index (χ4n) is 4.12. The van der Waals surface area contributed by atoms with Gasteiger partial charge in [0.05, 0.1) is 0 Å². The van der Waals surface area contributed by atoms with Gasteiger partial charge in [0.25, 0.3) is 0 Å². The van der Waals surface area contributed by atoms with Gasteiger partial charge in [-0.1, -0.05) is 35.9 Å². The smallest absolute Gasteiger partial charge is 0.0454 e. The third-order valence-corrected chi connectivity index (χ3v) is 5.56. The normalized spacial score (nSPS) is 21.4. The quantitative estimate of drug-likeness (QED) is 0.779. The zero-order chi connectivity index (χ0) is 17.4. The Labute approximate surface area is 150 Å². The lowest BCUT2D eigenvalue weighted by molar-refractivity contribution is 0.260. The van der Waals surface area contributed by atoms with Gasteiger partial charge in [-0.2, -0.15) is 0 Å². The molecule has 25 heavy (non-hydrogen) atoms. The largest absolute Gasteiger partial charge is 0.361 e. The minimum absolute atomic E-state index is 0.568. The maximum Gasteiger partial charge on any atom is 0.0454 e. The van der Waals surface area contributed by atoms with Crippen LogP contribution in [0.3, 0.4) is 0 Å². The SMILES string of the molecule is Cc1ccc(C2CN(Cc3ccc4[nH]ccc4c3)CC2N(C)C)cc1. The fourth-order valence-corrected chi connectivity index (χ4v) is 4.12. The summed E-state index contributed by atoms with van der Waals surface area (Å²) in [5, 5.41) is 1.30. The van der Waals surface area contributed by atoms with Crippen LogP contribution in [0.1, 0.15) is 22.6 Å². The van der Waals surface area contributed by atoms with Crippen molar-refractivity contribution < 1.29 is 0 Å². The number of benzene rings is 2. The first kappa shape index (κ1) is 16.4. The molecule has 2 atom stereocenters. The van der Waals surface area contributed by atoms with Gasteiger partial charge >= 0.3 is 0 Å². The van der Waals surface area contributed by atoms with Gasteiger partial charge in [-0.05, 0) is 55.7 Å². The van der Waals surface area contributed by atoms with E-state index in [9.17, 15) is 0 Å². The van der Waals surface area contributed by atoms with Gasteiger partial charge in [0.15, 0.2) is 0 Å². The fraction of sp³-hybridized carbons (Fsp3) is 0.364. The molecule has 130 valence electrons.